The molecule has 1 heterocycles. The van der Waals surface area contributed by atoms with Crippen molar-refractivity contribution in [2.24, 2.45) is 0 Å². The summed E-state index contributed by atoms with van der Waals surface area (Å²) in [4.78, 5) is 25.7. The van der Waals surface area contributed by atoms with E-state index < -0.39 is 17.3 Å². The molecule has 0 aliphatic rings. The molecule has 0 atom stereocenters. The van der Waals surface area contributed by atoms with E-state index in [-0.39, 0.29) is 15.9 Å². The number of rotatable bonds is 5. The van der Waals surface area contributed by atoms with Crippen LogP contribution in [0.25, 0.3) is 0 Å². The number of hydrogen-bond acceptors (Lipinski definition) is 4. The molecule has 21 heavy (non-hydrogen) atoms. The first kappa shape index (κ1) is 15.5. The van der Waals surface area contributed by atoms with Gasteiger partial charge < -0.3 is 9.67 Å². The molecular weight excluding hydrogens is 319 g/mol. The Labute approximate surface area is 128 Å². The molecule has 2 aromatic rings. The van der Waals surface area contributed by atoms with Crippen LogP contribution in [0.5, 0.6) is 0 Å². The van der Waals surface area contributed by atoms with Gasteiger partial charge in [-0.25, -0.2) is 4.39 Å². The average Bonchev–Trinajstić information content (AvgIpc) is 2.43. The summed E-state index contributed by atoms with van der Waals surface area (Å²) in [5.74, 6) is -1.73. The maximum atomic E-state index is 13.1. The van der Waals surface area contributed by atoms with Crippen LogP contribution in [0.1, 0.15) is 5.56 Å². The summed E-state index contributed by atoms with van der Waals surface area (Å²) in [7, 11) is 0. The second-order valence-corrected chi connectivity index (χ2v) is 5.46. The van der Waals surface area contributed by atoms with Crippen LogP contribution in [0.3, 0.4) is 0 Å². The molecule has 0 radical (unpaired) electrons. The SMILES string of the molecule is O=C(O)CSc1nc(=O)ccn1Cc1ccc(F)c(Cl)c1. The number of nitrogens with zero attached hydrogens (tertiary/aromatic N) is 2. The molecule has 0 unspecified atom stereocenters. The third-order valence-electron chi connectivity index (χ3n) is 2.51. The van der Waals surface area contributed by atoms with Gasteiger partial charge >= 0.3 is 5.97 Å². The fourth-order valence-electron chi connectivity index (χ4n) is 1.61. The summed E-state index contributed by atoms with van der Waals surface area (Å²) in [5.41, 5.74) is 0.264. The molecule has 110 valence electrons. The van der Waals surface area contributed by atoms with E-state index in [1.807, 2.05) is 0 Å². The Hall–Kier alpha value is -1.86. The molecule has 1 aromatic carbocycles. The summed E-state index contributed by atoms with van der Waals surface area (Å²) in [6.07, 6.45) is 1.51. The minimum absolute atomic E-state index is 0.00115. The maximum absolute atomic E-state index is 13.1. The van der Waals surface area contributed by atoms with Crippen molar-refractivity contribution in [3.8, 4) is 0 Å². The van der Waals surface area contributed by atoms with Gasteiger partial charge in [-0.2, -0.15) is 4.98 Å². The molecule has 0 amide bonds. The Morgan fingerprint density at radius 1 is 1.43 bits per heavy atom. The molecule has 0 aliphatic heterocycles. The van der Waals surface area contributed by atoms with Gasteiger partial charge in [-0.15, -0.1) is 0 Å². The van der Waals surface area contributed by atoms with Gasteiger partial charge in [-0.3, -0.25) is 9.59 Å². The Kier molecular flexibility index (Phi) is 4.98. The van der Waals surface area contributed by atoms with Gasteiger partial charge in [0, 0.05) is 18.8 Å². The van der Waals surface area contributed by atoms with Gasteiger partial charge in [-0.1, -0.05) is 29.4 Å². The van der Waals surface area contributed by atoms with Gasteiger partial charge in [0.1, 0.15) is 5.82 Å². The highest BCUT2D eigenvalue weighted by atomic mass is 35.5. The van der Waals surface area contributed by atoms with E-state index in [0.29, 0.717) is 12.1 Å². The van der Waals surface area contributed by atoms with Crippen LogP contribution < -0.4 is 5.56 Å². The van der Waals surface area contributed by atoms with Crippen molar-refractivity contribution in [1.29, 1.82) is 0 Å². The topological polar surface area (TPSA) is 72.2 Å². The van der Waals surface area contributed by atoms with E-state index >= 15 is 0 Å². The van der Waals surface area contributed by atoms with Crippen molar-refractivity contribution in [1.82, 2.24) is 9.55 Å². The second-order valence-electron chi connectivity index (χ2n) is 4.11. The standard InChI is InChI=1S/C13H10ClFN2O3S/c14-9-5-8(1-2-10(9)15)6-17-4-3-11(18)16-13(17)21-7-12(19)20/h1-5H,6-7H2,(H,19,20). The van der Waals surface area contributed by atoms with Crippen molar-refractivity contribution in [3.63, 3.8) is 0 Å². The molecular formula is C13H10ClFN2O3S. The van der Waals surface area contributed by atoms with Gasteiger partial charge in [0.05, 0.1) is 10.8 Å². The minimum atomic E-state index is -1.01. The third kappa shape index (κ3) is 4.30. The number of carbonyl (C=O) groups is 1. The van der Waals surface area contributed by atoms with Crippen LogP contribution >= 0.6 is 23.4 Å². The van der Waals surface area contributed by atoms with Crippen molar-refractivity contribution in [3.05, 3.63) is 57.2 Å². The predicted octanol–water partition coefficient (Wildman–Crippen LogP) is 2.26. The molecule has 5 nitrogen and oxygen atoms in total. The summed E-state index contributed by atoms with van der Waals surface area (Å²) in [6.45, 7) is 0.301. The number of halogens is 2. The Morgan fingerprint density at radius 3 is 2.86 bits per heavy atom. The molecule has 8 heteroatoms. The number of aromatic nitrogens is 2. The molecule has 1 N–H and O–H groups in total. The molecule has 0 aliphatic carbocycles. The fraction of sp³-hybridized carbons (Fsp3) is 0.154. The molecule has 0 saturated carbocycles. The second kappa shape index (κ2) is 6.73. The predicted molar refractivity (Wildman–Crippen MR) is 77.4 cm³/mol. The number of thioether (sulfide) groups is 1. The quantitative estimate of drug-likeness (QED) is 0.673. The van der Waals surface area contributed by atoms with Crippen molar-refractivity contribution < 1.29 is 14.3 Å². The average molecular weight is 329 g/mol. The summed E-state index contributed by atoms with van der Waals surface area (Å²) >= 11 is 6.66. The van der Waals surface area contributed by atoms with Crippen LogP contribution in [-0.4, -0.2) is 26.4 Å². The number of carboxylic acid groups (broad SMARTS) is 1. The van der Waals surface area contributed by atoms with Crippen LogP contribution in [-0.2, 0) is 11.3 Å². The Bertz CT molecular complexity index is 736. The third-order valence-corrected chi connectivity index (χ3v) is 3.78. The van der Waals surface area contributed by atoms with Gasteiger partial charge in [0.15, 0.2) is 5.16 Å². The largest absolute Gasteiger partial charge is 0.481 e. The summed E-state index contributed by atoms with van der Waals surface area (Å²) in [5, 5.41) is 8.98. The normalized spacial score (nSPS) is 10.6. The van der Waals surface area contributed by atoms with Crippen LogP contribution in [0.15, 0.2) is 40.4 Å². The lowest BCUT2D eigenvalue weighted by molar-refractivity contribution is -0.133. The highest BCUT2D eigenvalue weighted by Crippen LogP contribution is 2.19. The van der Waals surface area contributed by atoms with Crippen LogP contribution in [0.4, 0.5) is 4.39 Å². The van der Waals surface area contributed by atoms with E-state index in [0.717, 1.165) is 11.8 Å². The molecule has 2 rings (SSSR count). The first-order chi connectivity index (χ1) is 9.95. The first-order valence-corrected chi connectivity index (χ1v) is 7.18. The van der Waals surface area contributed by atoms with Gasteiger partial charge in [-0.05, 0) is 17.7 Å². The lowest BCUT2D eigenvalue weighted by Gasteiger charge is -2.11. The van der Waals surface area contributed by atoms with Crippen LogP contribution in [0.2, 0.25) is 5.02 Å². The summed E-state index contributed by atoms with van der Waals surface area (Å²) < 4.78 is 14.7. The lowest BCUT2D eigenvalue weighted by atomic mass is 10.2. The van der Waals surface area contributed by atoms with Crippen molar-refractivity contribution in [2.75, 3.05) is 5.75 Å². The zero-order chi connectivity index (χ0) is 15.4. The molecule has 0 fully saturated rings. The minimum Gasteiger partial charge on any atom is -0.481 e. The highest BCUT2D eigenvalue weighted by Gasteiger charge is 2.08. The number of hydrogen-bond donors (Lipinski definition) is 1. The smallest absolute Gasteiger partial charge is 0.313 e. The first-order valence-electron chi connectivity index (χ1n) is 5.82. The maximum Gasteiger partial charge on any atom is 0.313 e. The van der Waals surface area contributed by atoms with Gasteiger partial charge in [0.2, 0.25) is 0 Å². The lowest BCUT2D eigenvalue weighted by Crippen LogP contribution is -2.15. The fourth-order valence-corrected chi connectivity index (χ4v) is 2.51. The molecule has 0 bridgehead atoms. The van der Waals surface area contributed by atoms with E-state index in [1.54, 1.807) is 10.6 Å². The molecule has 1 aromatic heterocycles. The molecule has 0 spiro atoms. The van der Waals surface area contributed by atoms with Gasteiger partial charge in [0.25, 0.3) is 5.56 Å². The highest BCUT2D eigenvalue weighted by molar-refractivity contribution is 7.99. The number of benzene rings is 1. The monoisotopic (exact) mass is 328 g/mol. The van der Waals surface area contributed by atoms with E-state index in [9.17, 15) is 14.0 Å². The Morgan fingerprint density at radius 2 is 2.19 bits per heavy atom. The number of carboxylic acids is 1. The number of aliphatic carboxylic acids is 1. The van der Waals surface area contributed by atoms with Crippen LogP contribution in [0, 0.1) is 5.82 Å². The zero-order valence-corrected chi connectivity index (χ0v) is 12.2. The zero-order valence-electron chi connectivity index (χ0n) is 10.6. The van der Waals surface area contributed by atoms with E-state index in [4.69, 9.17) is 16.7 Å². The molecule has 0 saturated heterocycles. The van der Waals surface area contributed by atoms with Crippen molar-refractivity contribution >= 4 is 29.3 Å². The Balaban J connectivity index is 2.27. The van der Waals surface area contributed by atoms with E-state index in [2.05, 4.69) is 4.98 Å². The summed E-state index contributed by atoms with van der Waals surface area (Å²) in [6, 6.07) is 5.55. The van der Waals surface area contributed by atoms with Crippen molar-refractivity contribution in [2.45, 2.75) is 11.7 Å². The van der Waals surface area contributed by atoms with E-state index in [1.165, 1.54) is 24.4 Å².